The molecule has 0 bridgehead atoms. The van der Waals surface area contributed by atoms with Crippen LogP contribution in [0.1, 0.15) is 181 Å². The van der Waals surface area contributed by atoms with Crippen molar-refractivity contribution in [1.82, 2.24) is 0 Å². The minimum Gasteiger partial charge on any atom is -0.462 e. The average Bonchev–Trinajstić information content (AvgIpc) is 3.02. The van der Waals surface area contributed by atoms with Gasteiger partial charge in [0.25, 0.3) is 0 Å². The van der Waals surface area contributed by atoms with Crippen LogP contribution in [0.4, 0.5) is 0 Å². The normalized spacial score (nSPS) is 12.7. The number of esters is 2. The number of unbranched alkanes of at least 4 members (excludes halogenated alkanes) is 20. The van der Waals surface area contributed by atoms with E-state index >= 15 is 0 Å². The van der Waals surface area contributed by atoms with Crippen LogP contribution in [0.25, 0.3) is 0 Å². The first-order valence-corrected chi connectivity index (χ1v) is 20.2. The van der Waals surface area contributed by atoms with Gasteiger partial charge in [0.15, 0.2) is 6.10 Å². The Morgan fingerprint density at radius 3 is 1.48 bits per heavy atom. The molecule has 0 fully saturated rings. The summed E-state index contributed by atoms with van der Waals surface area (Å²) < 4.78 is 26.3. The third kappa shape index (κ3) is 35.4. The van der Waals surface area contributed by atoms with Crippen LogP contribution in [0.2, 0.25) is 0 Å². The van der Waals surface area contributed by atoms with E-state index in [0.29, 0.717) is 6.42 Å². The van der Waals surface area contributed by atoms with E-state index in [1.165, 1.54) is 96.3 Å². The van der Waals surface area contributed by atoms with Crippen molar-refractivity contribution in [3.63, 3.8) is 0 Å². The summed E-state index contributed by atoms with van der Waals surface area (Å²) in [6.45, 7) is 3.64. The van der Waals surface area contributed by atoms with Crippen LogP contribution in [-0.4, -0.2) is 41.0 Å². The molecule has 0 saturated carbocycles. The third-order valence-electron chi connectivity index (χ3n) is 7.97. The number of hydrogen-bond acceptors (Lipinski definition) is 6. The first-order chi connectivity index (χ1) is 22.3. The first-order valence-electron chi connectivity index (χ1n) is 18.6. The van der Waals surface area contributed by atoms with Gasteiger partial charge >= 0.3 is 19.8 Å². The maximum atomic E-state index is 12.3. The van der Waals surface area contributed by atoms with E-state index in [9.17, 15) is 14.2 Å². The van der Waals surface area contributed by atoms with E-state index in [0.717, 1.165) is 51.4 Å². The van der Waals surface area contributed by atoms with E-state index in [2.05, 4.69) is 42.7 Å². The van der Waals surface area contributed by atoms with Crippen LogP contribution in [0.3, 0.4) is 0 Å². The fraction of sp³-hybridized carbons (Fsp3) is 0.838. The van der Waals surface area contributed by atoms with Crippen molar-refractivity contribution in [1.29, 1.82) is 0 Å². The van der Waals surface area contributed by atoms with Gasteiger partial charge in [-0.2, -0.15) is 0 Å². The summed E-state index contributed by atoms with van der Waals surface area (Å²) in [7, 11) is -4.75. The van der Waals surface area contributed by atoms with Crippen LogP contribution >= 0.6 is 7.82 Å². The number of phosphoric ester groups is 1. The second-order valence-corrected chi connectivity index (χ2v) is 13.8. The van der Waals surface area contributed by atoms with Crippen LogP contribution in [-0.2, 0) is 28.2 Å². The number of phosphoric acid groups is 1. The van der Waals surface area contributed by atoms with E-state index in [1.807, 2.05) is 0 Å². The Bertz CT molecular complexity index is 807. The van der Waals surface area contributed by atoms with Gasteiger partial charge in [-0.3, -0.25) is 14.1 Å². The van der Waals surface area contributed by atoms with Gasteiger partial charge in [-0.1, -0.05) is 147 Å². The van der Waals surface area contributed by atoms with Crippen molar-refractivity contribution >= 4 is 19.8 Å². The molecule has 270 valence electrons. The number of rotatable bonds is 34. The summed E-state index contributed by atoms with van der Waals surface area (Å²) >= 11 is 0. The lowest BCUT2D eigenvalue weighted by Gasteiger charge is -2.18. The Hall–Kier alpha value is -1.47. The zero-order valence-corrected chi connectivity index (χ0v) is 30.4. The van der Waals surface area contributed by atoms with Crippen molar-refractivity contribution in [2.24, 2.45) is 0 Å². The monoisotopic (exact) mass is 672 g/mol. The minimum absolute atomic E-state index is 0.205. The zero-order chi connectivity index (χ0) is 34.0. The number of carbonyl (C=O) groups is 2. The molecular formula is C37H69O8P. The average molecular weight is 673 g/mol. The molecule has 9 heteroatoms. The smallest absolute Gasteiger partial charge is 0.462 e. The van der Waals surface area contributed by atoms with Gasteiger partial charge < -0.3 is 19.3 Å². The van der Waals surface area contributed by atoms with Gasteiger partial charge in [-0.25, -0.2) is 4.57 Å². The van der Waals surface area contributed by atoms with Crippen molar-refractivity contribution in [2.45, 2.75) is 187 Å². The number of ether oxygens (including phenoxy) is 2. The molecular weight excluding hydrogens is 603 g/mol. The molecule has 0 spiro atoms. The number of hydrogen-bond donors (Lipinski definition) is 2. The molecule has 0 unspecified atom stereocenters. The van der Waals surface area contributed by atoms with E-state index in [1.54, 1.807) is 0 Å². The highest BCUT2D eigenvalue weighted by Crippen LogP contribution is 2.36. The summed E-state index contributed by atoms with van der Waals surface area (Å²) in [5.41, 5.74) is 0. The van der Waals surface area contributed by atoms with Gasteiger partial charge in [-0.05, 0) is 44.9 Å². The Morgan fingerprint density at radius 1 is 0.565 bits per heavy atom. The van der Waals surface area contributed by atoms with Crippen LogP contribution in [0, 0.1) is 0 Å². The van der Waals surface area contributed by atoms with Crippen molar-refractivity contribution < 1.29 is 37.9 Å². The Kier molecular flexibility index (Phi) is 32.4. The fourth-order valence-corrected chi connectivity index (χ4v) is 5.53. The molecule has 0 aliphatic rings. The molecule has 0 aromatic carbocycles. The van der Waals surface area contributed by atoms with Gasteiger partial charge in [0.05, 0.1) is 6.61 Å². The predicted molar refractivity (Wildman–Crippen MR) is 189 cm³/mol. The lowest BCUT2D eigenvalue weighted by Crippen LogP contribution is -2.29. The molecule has 0 heterocycles. The molecule has 0 aliphatic carbocycles. The van der Waals surface area contributed by atoms with Gasteiger partial charge in [0.2, 0.25) is 0 Å². The standard InChI is InChI=1S/C37H69O8P/c1-3-5-7-9-11-13-15-16-17-18-19-20-22-24-26-28-30-32-37(39)45-35(34-44-46(40,41)42)33-43-36(38)31-29-27-25-23-21-14-12-10-8-6-4-2/h11,13,16-17,35H,3-10,12,14-15,18-34H2,1-2H3,(H2,40,41,42)/b13-11-,17-16-/t35-/m1/s1. The Balaban J connectivity index is 3.96. The molecule has 0 saturated heterocycles. The zero-order valence-electron chi connectivity index (χ0n) is 29.5. The molecule has 2 N–H and O–H groups in total. The summed E-state index contributed by atoms with van der Waals surface area (Å²) in [4.78, 5) is 42.6. The molecule has 1 atom stereocenters. The highest BCUT2D eigenvalue weighted by Gasteiger charge is 2.22. The summed E-state index contributed by atoms with van der Waals surface area (Å²) in [6.07, 6.45) is 36.1. The second-order valence-electron chi connectivity index (χ2n) is 12.6. The molecule has 0 aliphatic heterocycles. The lowest BCUT2D eigenvalue weighted by molar-refractivity contribution is -0.161. The second kappa shape index (κ2) is 33.4. The SMILES string of the molecule is CCCCC/C=C\C/C=C\CCCCCCCCCC(=O)O[C@H](COC(=O)CCCCCCCCCCCCC)COP(=O)(O)O. The lowest BCUT2D eigenvalue weighted by atomic mass is 10.1. The topological polar surface area (TPSA) is 119 Å². The number of carbonyl (C=O) groups excluding carboxylic acids is 2. The van der Waals surface area contributed by atoms with Crippen molar-refractivity contribution in [2.75, 3.05) is 13.2 Å². The predicted octanol–water partition coefficient (Wildman–Crippen LogP) is 10.8. The molecule has 0 radical (unpaired) electrons. The Morgan fingerprint density at radius 2 is 0.978 bits per heavy atom. The van der Waals surface area contributed by atoms with Crippen LogP contribution in [0.5, 0.6) is 0 Å². The molecule has 0 rings (SSSR count). The third-order valence-corrected chi connectivity index (χ3v) is 8.46. The molecule has 0 aromatic rings. The van der Waals surface area contributed by atoms with Gasteiger partial charge in [0, 0.05) is 12.8 Å². The quantitative estimate of drug-likeness (QED) is 0.0300. The maximum Gasteiger partial charge on any atom is 0.469 e. The van der Waals surface area contributed by atoms with Crippen molar-refractivity contribution in [3.8, 4) is 0 Å². The van der Waals surface area contributed by atoms with Gasteiger partial charge in [0.1, 0.15) is 6.61 Å². The largest absolute Gasteiger partial charge is 0.469 e. The van der Waals surface area contributed by atoms with E-state index < -0.39 is 32.5 Å². The molecule has 46 heavy (non-hydrogen) atoms. The summed E-state index contributed by atoms with van der Waals surface area (Å²) in [6, 6.07) is 0. The van der Waals surface area contributed by atoms with Crippen molar-refractivity contribution in [3.05, 3.63) is 24.3 Å². The van der Waals surface area contributed by atoms with E-state index in [-0.39, 0.29) is 19.4 Å². The fourth-order valence-electron chi connectivity index (χ4n) is 5.17. The highest BCUT2D eigenvalue weighted by atomic mass is 31.2. The molecule has 0 aromatic heterocycles. The minimum atomic E-state index is -4.75. The highest BCUT2D eigenvalue weighted by molar-refractivity contribution is 7.46. The summed E-state index contributed by atoms with van der Waals surface area (Å²) in [5, 5.41) is 0. The number of allylic oxidation sites excluding steroid dienone is 4. The molecule has 8 nitrogen and oxygen atoms in total. The molecule has 0 amide bonds. The first kappa shape index (κ1) is 44.5. The van der Waals surface area contributed by atoms with Crippen LogP contribution in [0.15, 0.2) is 24.3 Å². The summed E-state index contributed by atoms with van der Waals surface area (Å²) in [5.74, 6) is -0.891. The van der Waals surface area contributed by atoms with Gasteiger partial charge in [-0.15, -0.1) is 0 Å². The maximum absolute atomic E-state index is 12.3. The van der Waals surface area contributed by atoms with Crippen LogP contribution < -0.4 is 0 Å². The Labute approximate surface area is 281 Å². The van der Waals surface area contributed by atoms with E-state index in [4.69, 9.17) is 19.3 Å².